The van der Waals surface area contributed by atoms with Crippen molar-refractivity contribution in [1.29, 1.82) is 0 Å². The summed E-state index contributed by atoms with van der Waals surface area (Å²) < 4.78 is 6.18. The molecule has 2 rings (SSSR count). The molecule has 1 atom stereocenters. The van der Waals surface area contributed by atoms with Crippen LogP contribution in [0.25, 0.3) is 0 Å². The van der Waals surface area contributed by atoms with Crippen LogP contribution in [0.5, 0.6) is 0 Å². The number of aryl methyl sites for hydroxylation is 1. The highest BCUT2D eigenvalue weighted by Crippen LogP contribution is 2.47. The lowest BCUT2D eigenvalue weighted by atomic mass is 9.67. The van der Waals surface area contributed by atoms with E-state index in [1.807, 2.05) is 0 Å². The summed E-state index contributed by atoms with van der Waals surface area (Å²) in [5, 5.41) is 2.14. The zero-order valence-corrected chi connectivity index (χ0v) is 13.5. The van der Waals surface area contributed by atoms with Crippen LogP contribution >= 0.6 is 11.3 Å². The SMILES string of the molecule is CCOC1(C(N)c2ccsc2C)CCC(C)(C)CC1. The van der Waals surface area contributed by atoms with Crippen molar-refractivity contribution < 1.29 is 4.74 Å². The fourth-order valence-corrected chi connectivity index (χ4v) is 3.93. The van der Waals surface area contributed by atoms with E-state index in [9.17, 15) is 0 Å². The molecular formula is C16H27NOS. The fraction of sp³-hybridized carbons (Fsp3) is 0.750. The lowest BCUT2D eigenvalue weighted by molar-refractivity contribution is -0.100. The molecule has 0 spiro atoms. The average molecular weight is 281 g/mol. The second-order valence-electron chi connectivity index (χ2n) is 6.57. The number of ether oxygens (including phenoxy) is 1. The highest BCUT2D eigenvalue weighted by molar-refractivity contribution is 7.10. The van der Waals surface area contributed by atoms with Gasteiger partial charge in [-0.3, -0.25) is 0 Å². The summed E-state index contributed by atoms with van der Waals surface area (Å²) in [4.78, 5) is 1.33. The second-order valence-corrected chi connectivity index (χ2v) is 7.69. The van der Waals surface area contributed by atoms with E-state index in [2.05, 4.69) is 39.1 Å². The zero-order chi connectivity index (χ0) is 14.1. The van der Waals surface area contributed by atoms with E-state index in [0.29, 0.717) is 5.41 Å². The van der Waals surface area contributed by atoms with E-state index in [4.69, 9.17) is 10.5 Å². The molecule has 1 unspecified atom stereocenters. The lowest BCUT2D eigenvalue weighted by Crippen LogP contribution is -2.48. The van der Waals surface area contributed by atoms with Gasteiger partial charge in [0.05, 0.1) is 11.6 Å². The van der Waals surface area contributed by atoms with Crippen molar-refractivity contribution in [2.75, 3.05) is 6.61 Å². The first-order valence-electron chi connectivity index (χ1n) is 7.34. The highest BCUT2D eigenvalue weighted by Gasteiger charge is 2.44. The Hall–Kier alpha value is -0.380. The smallest absolute Gasteiger partial charge is 0.0874 e. The maximum absolute atomic E-state index is 6.61. The van der Waals surface area contributed by atoms with Crippen LogP contribution in [0, 0.1) is 12.3 Å². The molecule has 108 valence electrons. The van der Waals surface area contributed by atoms with Gasteiger partial charge in [0.1, 0.15) is 0 Å². The molecule has 1 saturated carbocycles. The van der Waals surface area contributed by atoms with Crippen molar-refractivity contribution >= 4 is 11.3 Å². The van der Waals surface area contributed by atoms with Crippen LogP contribution in [0.4, 0.5) is 0 Å². The van der Waals surface area contributed by atoms with E-state index in [-0.39, 0.29) is 11.6 Å². The molecule has 2 N–H and O–H groups in total. The Balaban J connectivity index is 2.23. The van der Waals surface area contributed by atoms with Gasteiger partial charge in [-0.1, -0.05) is 13.8 Å². The van der Waals surface area contributed by atoms with Crippen LogP contribution in [0.15, 0.2) is 11.4 Å². The maximum Gasteiger partial charge on any atom is 0.0874 e. The lowest BCUT2D eigenvalue weighted by Gasteiger charge is -2.46. The van der Waals surface area contributed by atoms with Crippen LogP contribution < -0.4 is 5.73 Å². The van der Waals surface area contributed by atoms with Crippen molar-refractivity contribution in [1.82, 2.24) is 0 Å². The van der Waals surface area contributed by atoms with Crippen molar-refractivity contribution in [3.05, 3.63) is 21.9 Å². The van der Waals surface area contributed by atoms with Gasteiger partial charge in [0.15, 0.2) is 0 Å². The number of rotatable bonds is 4. The maximum atomic E-state index is 6.61. The Morgan fingerprint density at radius 3 is 2.42 bits per heavy atom. The minimum Gasteiger partial charge on any atom is -0.373 e. The summed E-state index contributed by atoms with van der Waals surface area (Å²) >= 11 is 1.78. The summed E-state index contributed by atoms with van der Waals surface area (Å²) in [7, 11) is 0. The largest absolute Gasteiger partial charge is 0.373 e. The molecule has 0 aromatic carbocycles. The van der Waals surface area contributed by atoms with Crippen molar-refractivity contribution in [2.24, 2.45) is 11.1 Å². The minimum absolute atomic E-state index is 0.00907. The van der Waals surface area contributed by atoms with Crippen LogP contribution in [-0.2, 0) is 4.74 Å². The molecule has 0 aliphatic heterocycles. The van der Waals surface area contributed by atoms with Crippen LogP contribution in [0.2, 0.25) is 0 Å². The fourth-order valence-electron chi connectivity index (χ4n) is 3.18. The van der Waals surface area contributed by atoms with E-state index in [0.717, 1.165) is 19.4 Å². The second kappa shape index (κ2) is 5.55. The Morgan fingerprint density at radius 2 is 1.95 bits per heavy atom. The molecule has 1 aromatic rings. The highest BCUT2D eigenvalue weighted by atomic mass is 32.1. The predicted octanol–water partition coefficient (Wildman–Crippen LogP) is 4.43. The molecule has 0 bridgehead atoms. The summed E-state index contributed by atoms with van der Waals surface area (Å²) in [6.45, 7) is 9.69. The van der Waals surface area contributed by atoms with E-state index < -0.39 is 0 Å². The Morgan fingerprint density at radius 1 is 1.32 bits per heavy atom. The van der Waals surface area contributed by atoms with Gasteiger partial charge < -0.3 is 10.5 Å². The number of nitrogens with two attached hydrogens (primary N) is 1. The molecule has 0 saturated heterocycles. The minimum atomic E-state index is -0.157. The Labute approximate surface area is 121 Å². The zero-order valence-electron chi connectivity index (χ0n) is 12.7. The van der Waals surface area contributed by atoms with E-state index in [1.165, 1.54) is 23.3 Å². The topological polar surface area (TPSA) is 35.2 Å². The van der Waals surface area contributed by atoms with Crippen molar-refractivity contribution in [2.45, 2.75) is 65.0 Å². The average Bonchev–Trinajstić information content (AvgIpc) is 2.78. The summed E-state index contributed by atoms with van der Waals surface area (Å²) in [6, 6.07) is 2.18. The van der Waals surface area contributed by atoms with Crippen molar-refractivity contribution in [3.63, 3.8) is 0 Å². The van der Waals surface area contributed by atoms with Gasteiger partial charge in [-0.15, -0.1) is 11.3 Å². The van der Waals surface area contributed by atoms with Gasteiger partial charge in [-0.2, -0.15) is 0 Å². The van der Waals surface area contributed by atoms with Crippen molar-refractivity contribution in [3.8, 4) is 0 Å². The van der Waals surface area contributed by atoms with Gasteiger partial charge in [0, 0.05) is 11.5 Å². The van der Waals surface area contributed by atoms with Gasteiger partial charge in [0.25, 0.3) is 0 Å². The first-order valence-corrected chi connectivity index (χ1v) is 8.22. The first kappa shape index (κ1) is 15.0. The summed E-state index contributed by atoms with van der Waals surface area (Å²) in [5.74, 6) is 0. The molecule has 1 heterocycles. The monoisotopic (exact) mass is 281 g/mol. The van der Waals surface area contributed by atoms with Crippen LogP contribution in [0.3, 0.4) is 0 Å². The molecule has 0 amide bonds. The number of thiophene rings is 1. The molecule has 2 nitrogen and oxygen atoms in total. The molecule has 19 heavy (non-hydrogen) atoms. The first-order chi connectivity index (χ1) is 8.90. The van der Waals surface area contributed by atoms with Crippen LogP contribution in [0.1, 0.15) is 62.9 Å². The molecule has 3 heteroatoms. The summed E-state index contributed by atoms with van der Waals surface area (Å²) in [6.07, 6.45) is 4.54. The molecule has 1 aromatic heterocycles. The normalized spacial score (nSPS) is 23.2. The van der Waals surface area contributed by atoms with Gasteiger partial charge in [-0.25, -0.2) is 0 Å². The molecule has 1 aliphatic carbocycles. The molecule has 1 fully saturated rings. The number of hydrogen-bond donors (Lipinski definition) is 1. The Kier molecular flexibility index (Phi) is 4.38. The number of hydrogen-bond acceptors (Lipinski definition) is 3. The summed E-state index contributed by atoms with van der Waals surface area (Å²) in [5.41, 5.74) is 8.16. The van der Waals surface area contributed by atoms with E-state index >= 15 is 0 Å². The third kappa shape index (κ3) is 3.04. The van der Waals surface area contributed by atoms with Gasteiger partial charge >= 0.3 is 0 Å². The third-order valence-electron chi connectivity index (χ3n) is 4.68. The molecular weight excluding hydrogens is 254 g/mol. The molecule has 0 radical (unpaired) electrons. The van der Waals surface area contributed by atoms with E-state index in [1.54, 1.807) is 11.3 Å². The standard InChI is InChI=1S/C16H27NOS/c1-5-18-16(9-7-15(3,4)8-10-16)14(17)13-6-11-19-12(13)2/h6,11,14H,5,7-10,17H2,1-4H3. The van der Waals surface area contributed by atoms with Gasteiger partial charge in [0.2, 0.25) is 0 Å². The third-order valence-corrected chi connectivity index (χ3v) is 5.54. The van der Waals surface area contributed by atoms with Gasteiger partial charge in [-0.05, 0) is 62.0 Å². The van der Waals surface area contributed by atoms with Crippen LogP contribution in [-0.4, -0.2) is 12.2 Å². The predicted molar refractivity (Wildman–Crippen MR) is 82.6 cm³/mol. The molecule has 1 aliphatic rings. The Bertz CT molecular complexity index is 414. The quantitative estimate of drug-likeness (QED) is 0.886.